The van der Waals surface area contributed by atoms with Gasteiger partial charge in [-0.25, -0.2) is 4.99 Å². The molecule has 2 aromatic rings. The summed E-state index contributed by atoms with van der Waals surface area (Å²) in [6.07, 6.45) is 2.99. The average molecular weight is 430 g/mol. The smallest absolute Gasteiger partial charge is 0.320 e. The number of amidine groups is 1. The van der Waals surface area contributed by atoms with Gasteiger partial charge in [-0.05, 0) is 49.1 Å². The van der Waals surface area contributed by atoms with Crippen molar-refractivity contribution in [2.75, 3.05) is 0 Å². The second-order valence-electron chi connectivity index (χ2n) is 8.16. The fourth-order valence-corrected chi connectivity index (χ4v) is 3.58. The summed E-state index contributed by atoms with van der Waals surface area (Å²) < 4.78 is 0. The number of fused-ring (bicyclic) bond motifs is 1. The minimum Gasteiger partial charge on any atom is -0.507 e. The van der Waals surface area contributed by atoms with Gasteiger partial charge in [0.1, 0.15) is 17.6 Å². The Bertz CT molecular complexity index is 1040. The molecule has 0 heterocycles. The molecule has 0 saturated heterocycles. The van der Waals surface area contributed by atoms with E-state index in [0.29, 0.717) is 47.6 Å². The van der Waals surface area contributed by atoms with Crippen LogP contribution in [0.4, 0.5) is 0 Å². The normalized spacial score (nSPS) is 12.7. The molecule has 0 aliphatic heterocycles. The number of nitrogens with two attached hydrogens (primary N) is 1. The number of aryl methyl sites for hydroxylation is 1. The van der Waals surface area contributed by atoms with E-state index in [1.165, 1.54) is 6.21 Å². The fraction of sp³-hybridized carbons (Fsp3) is 0.435. The Morgan fingerprint density at radius 2 is 1.81 bits per heavy atom. The predicted octanol–water partition coefficient (Wildman–Crippen LogP) is 4.07. The molecule has 2 rings (SSSR count). The molecule has 0 amide bonds. The number of aliphatic imine (C=N–C) groups is 1. The van der Waals surface area contributed by atoms with Gasteiger partial charge in [-0.2, -0.15) is 0 Å². The van der Waals surface area contributed by atoms with Crippen LogP contribution in [0.1, 0.15) is 67.7 Å². The van der Waals surface area contributed by atoms with Crippen molar-refractivity contribution in [3.05, 3.63) is 28.3 Å². The van der Waals surface area contributed by atoms with Gasteiger partial charge in [0.25, 0.3) is 0 Å². The van der Waals surface area contributed by atoms with Crippen LogP contribution in [0.3, 0.4) is 0 Å². The molecule has 0 fully saturated rings. The molecule has 0 bridgehead atoms. The van der Waals surface area contributed by atoms with Crippen molar-refractivity contribution in [1.82, 2.24) is 0 Å². The standard InChI is InChI=1S/C23H31N3O5/c1-11(2)18-14-9-12(3)13(4)20(27)19(14)15(21(28)22(18)29)10-26-17(25)8-6-5-7-16(24)23(30)31/h9-11,16,25,27-29H,5-8,24H2,1-4H3,(H,30,31)/t16-/m0/s1. The lowest BCUT2D eigenvalue weighted by Gasteiger charge is -2.19. The van der Waals surface area contributed by atoms with E-state index in [9.17, 15) is 20.1 Å². The largest absolute Gasteiger partial charge is 0.507 e. The molecular formula is C23H31N3O5. The Kier molecular flexibility index (Phi) is 7.62. The van der Waals surface area contributed by atoms with Gasteiger partial charge in [0.2, 0.25) is 0 Å². The first kappa shape index (κ1) is 24.1. The molecule has 0 unspecified atom stereocenters. The average Bonchev–Trinajstić information content (AvgIpc) is 2.69. The van der Waals surface area contributed by atoms with E-state index in [1.807, 2.05) is 26.8 Å². The van der Waals surface area contributed by atoms with Gasteiger partial charge in [0, 0.05) is 23.6 Å². The van der Waals surface area contributed by atoms with Crippen molar-refractivity contribution in [3.63, 3.8) is 0 Å². The molecule has 7 N–H and O–H groups in total. The van der Waals surface area contributed by atoms with Crippen LogP contribution in [-0.4, -0.2) is 44.5 Å². The summed E-state index contributed by atoms with van der Waals surface area (Å²) in [5, 5.41) is 49.9. The molecular weight excluding hydrogens is 398 g/mol. The number of unbranched alkanes of at least 4 members (excludes halogenated alkanes) is 1. The molecule has 8 nitrogen and oxygen atoms in total. The van der Waals surface area contributed by atoms with Gasteiger partial charge in [0.05, 0.1) is 5.56 Å². The number of hydrogen-bond acceptors (Lipinski definition) is 6. The van der Waals surface area contributed by atoms with Crippen LogP contribution in [-0.2, 0) is 4.79 Å². The molecule has 31 heavy (non-hydrogen) atoms. The molecule has 0 saturated carbocycles. The summed E-state index contributed by atoms with van der Waals surface area (Å²) in [4.78, 5) is 14.8. The number of nitrogens with one attached hydrogen (secondary N) is 1. The Labute approximate surface area is 181 Å². The van der Waals surface area contributed by atoms with Crippen molar-refractivity contribution in [2.24, 2.45) is 10.7 Å². The third-order valence-corrected chi connectivity index (χ3v) is 5.53. The number of carboxylic acids is 1. The van der Waals surface area contributed by atoms with E-state index in [1.54, 1.807) is 6.92 Å². The zero-order valence-electron chi connectivity index (χ0n) is 18.4. The summed E-state index contributed by atoms with van der Waals surface area (Å²) in [7, 11) is 0. The molecule has 0 aliphatic carbocycles. The second-order valence-corrected chi connectivity index (χ2v) is 8.16. The molecule has 0 radical (unpaired) electrons. The Balaban J connectivity index is 2.38. The maximum Gasteiger partial charge on any atom is 0.320 e. The van der Waals surface area contributed by atoms with Gasteiger partial charge in [-0.15, -0.1) is 0 Å². The number of carboxylic acid groups (broad SMARTS) is 1. The van der Waals surface area contributed by atoms with E-state index >= 15 is 0 Å². The van der Waals surface area contributed by atoms with Crippen LogP contribution in [0.25, 0.3) is 10.8 Å². The highest BCUT2D eigenvalue weighted by molar-refractivity contribution is 6.11. The molecule has 0 aromatic heterocycles. The van der Waals surface area contributed by atoms with Crippen LogP contribution in [0.15, 0.2) is 11.1 Å². The van der Waals surface area contributed by atoms with Crippen molar-refractivity contribution in [3.8, 4) is 17.2 Å². The lowest BCUT2D eigenvalue weighted by molar-refractivity contribution is -0.138. The Morgan fingerprint density at radius 1 is 1.16 bits per heavy atom. The molecule has 1 atom stereocenters. The number of aromatic hydroxyl groups is 3. The summed E-state index contributed by atoms with van der Waals surface area (Å²) in [6.45, 7) is 7.41. The third-order valence-electron chi connectivity index (χ3n) is 5.53. The lowest BCUT2D eigenvalue weighted by atomic mass is 9.88. The quantitative estimate of drug-likeness (QED) is 0.160. The number of benzene rings is 2. The van der Waals surface area contributed by atoms with Crippen LogP contribution in [0.2, 0.25) is 0 Å². The maximum atomic E-state index is 10.8. The van der Waals surface area contributed by atoms with Crippen LogP contribution < -0.4 is 5.73 Å². The van der Waals surface area contributed by atoms with E-state index in [0.717, 1.165) is 5.56 Å². The fourth-order valence-electron chi connectivity index (χ4n) is 3.58. The van der Waals surface area contributed by atoms with Crippen molar-refractivity contribution >= 4 is 28.8 Å². The molecule has 168 valence electrons. The SMILES string of the molecule is Cc1cc2c(C(C)C)c(O)c(O)c(C=NC(=N)CCCC[C@H](N)C(=O)O)c2c(O)c1C. The number of phenolic OH excluding ortho intramolecular Hbond substituents is 3. The van der Waals surface area contributed by atoms with E-state index < -0.39 is 17.8 Å². The number of nitrogens with zero attached hydrogens (tertiary/aromatic N) is 1. The highest BCUT2D eigenvalue weighted by atomic mass is 16.4. The monoisotopic (exact) mass is 429 g/mol. The Morgan fingerprint density at radius 3 is 2.39 bits per heavy atom. The predicted molar refractivity (Wildman–Crippen MR) is 122 cm³/mol. The minimum absolute atomic E-state index is 0.00263. The first-order valence-electron chi connectivity index (χ1n) is 10.3. The lowest BCUT2D eigenvalue weighted by Crippen LogP contribution is -2.29. The number of carbonyl (C=O) groups is 1. The van der Waals surface area contributed by atoms with Crippen LogP contribution >= 0.6 is 0 Å². The second kappa shape index (κ2) is 9.78. The van der Waals surface area contributed by atoms with Crippen molar-refractivity contribution < 1.29 is 25.2 Å². The minimum atomic E-state index is -1.05. The first-order valence-corrected chi connectivity index (χ1v) is 10.3. The highest BCUT2D eigenvalue weighted by Crippen LogP contribution is 2.47. The maximum absolute atomic E-state index is 10.8. The van der Waals surface area contributed by atoms with Crippen molar-refractivity contribution in [1.29, 1.82) is 5.41 Å². The Hall–Kier alpha value is -3.13. The van der Waals surface area contributed by atoms with Crippen LogP contribution in [0, 0.1) is 19.3 Å². The molecule has 2 aromatic carbocycles. The van der Waals surface area contributed by atoms with Gasteiger partial charge < -0.3 is 26.2 Å². The highest BCUT2D eigenvalue weighted by Gasteiger charge is 2.23. The van der Waals surface area contributed by atoms with E-state index in [4.69, 9.17) is 16.2 Å². The van der Waals surface area contributed by atoms with Gasteiger partial charge in [0.15, 0.2) is 11.5 Å². The van der Waals surface area contributed by atoms with Gasteiger partial charge in [-0.1, -0.05) is 26.3 Å². The number of rotatable bonds is 8. The van der Waals surface area contributed by atoms with Crippen molar-refractivity contribution in [2.45, 2.75) is 65.3 Å². The van der Waals surface area contributed by atoms with E-state index in [-0.39, 0.29) is 28.8 Å². The van der Waals surface area contributed by atoms with Gasteiger partial charge >= 0.3 is 5.97 Å². The van der Waals surface area contributed by atoms with Gasteiger partial charge in [-0.3, -0.25) is 10.2 Å². The summed E-state index contributed by atoms with van der Waals surface area (Å²) >= 11 is 0. The third kappa shape index (κ3) is 5.14. The van der Waals surface area contributed by atoms with E-state index in [2.05, 4.69) is 4.99 Å². The number of phenols is 3. The zero-order chi connectivity index (χ0) is 23.5. The topological polar surface area (TPSA) is 160 Å². The number of hydrogen-bond donors (Lipinski definition) is 6. The summed E-state index contributed by atoms with van der Waals surface area (Å²) in [6, 6.07) is 0.950. The molecule has 0 spiro atoms. The summed E-state index contributed by atoms with van der Waals surface area (Å²) in [5.41, 5.74) is 7.66. The number of aliphatic carboxylic acids is 1. The molecule has 0 aliphatic rings. The summed E-state index contributed by atoms with van der Waals surface area (Å²) in [5.74, 6) is -1.77. The first-order chi connectivity index (χ1) is 14.5. The zero-order valence-corrected chi connectivity index (χ0v) is 18.4. The molecule has 8 heteroatoms. The van der Waals surface area contributed by atoms with Crippen LogP contribution in [0.5, 0.6) is 17.2 Å².